The lowest BCUT2D eigenvalue weighted by Crippen LogP contribution is -2.28. The van der Waals surface area contributed by atoms with Gasteiger partial charge in [0.2, 0.25) is 5.91 Å². The number of fused-ring (bicyclic) bond motifs is 3. The fraction of sp³-hybridized carbons (Fsp3) is 0.370. The van der Waals surface area contributed by atoms with Crippen molar-refractivity contribution < 1.29 is 13.7 Å². The molecular weight excluding hydrogens is 440 g/mol. The zero-order valence-corrected chi connectivity index (χ0v) is 20.3. The van der Waals surface area contributed by atoms with E-state index in [1.165, 1.54) is 6.20 Å². The van der Waals surface area contributed by atoms with Crippen LogP contribution in [0.4, 0.5) is 23.0 Å². The molecule has 1 amide bonds. The van der Waals surface area contributed by atoms with Gasteiger partial charge in [0.05, 0.1) is 28.7 Å². The highest BCUT2D eigenvalue weighted by molar-refractivity contribution is 6.03. The molecule has 0 saturated heterocycles. The molecule has 0 aromatic carbocycles. The number of Topliss-reactive ketones (excluding diaryl/α,β-unsaturated/α-hetero) is 1. The molecule has 35 heavy (non-hydrogen) atoms. The fourth-order valence-electron chi connectivity index (χ4n) is 4.46. The normalized spacial score (nSPS) is 18.0. The number of nitrogens with one attached hydrogen (secondary N) is 2. The summed E-state index contributed by atoms with van der Waals surface area (Å²) in [4.78, 5) is 41.3. The molecule has 4 heterocycles. The van der Waals surface area contributed by atoms with Crippen molar-refractivity contribution >= 4 is 34.7 Å². The Morgan fingerprint density at radius 2 is 1.97 bits per heavy atom. The van der Waals surface area contributed by atoms with E-state index in [-0.39, 0.29) is 29.2 Å². The molecule has 0 unspecified atom stereocenters. The third-order valence-corrected chi connectivity index (χ3v) is 6.64. The van der Waals surface area contributed by atoms with E-state index in [2.05, 4.69) is 33.5 Å². The van der Waals surface area contributed by atoms with Crippen molar-refractivity contribution in [1.29, 1.82) is 0 Å². The van der Waals surface area contributed by atoms with Gasteiger partial charge < -0.3 is 15.5 Å². The van der Waals surface area contributed by atoms with Crippen LogP contribution >= 0.6 is 0 Å². The van der Waals surface area contributed by atoms with E-state index in [4.69, 9.17) is 14.1 Å². The predicted molar refractivity (Wildman–Crippen MR) is 137 cm³/mol. The number of amides is 1. The molecule has 0 radical (unpaired) electrons. The predicted octanol–water partition coefficient (Wildman–Crippen LogP) is 5.35. The Bertz CT molecular complexity index is 1450. The first-order chi connectivity index (χ1) is 17.9. The van der Waals surface area contributed by atoms with Gasteiger partial charge in [-0.05, 0) is 45.7 Å². The lowest BCUT2D eigenvalue weighted by atomic mass is 9.93. The van der Waals surface area contributed by atoms with Gasteiger partial charge >= 0.3 is 0 Å². The van der Waals surface area contributed by atoms with Crippen LogP contribution in [0.3, 0.4) is 0 Å². The Hall–Kier alpha value is -3.81. The fourth-order valence-corrected chi connectivity index (χ4v) is 4.46. The van der Waals surface area contributed by atoms with E-state index in [1.54, 1.807) is 6.07 Å². The van der Waals surface area contributed by atoms with Crippen LogP contribution in [0.25, 0.3) is 11.3 Å². The smallest absolute Gasteiger partial charge is 0.228 e. The standard InChI is InChI=1S/C27H30N6O2/c1-6-22(34)20-13-28-23(32-27(35)17-8-9-17)12-21(20)31-26-25-19(11-15(3)30-26)24-18(16(4)33(25)5)10-7-14(2)29-24/h7,10-13,16-17H,6,8-9H2,1-5H3,(H2,28,30,31,32,35)/t16-/m1/s1/i1D3. The van der Waals surface area contributed by atoms with Gasteiger partial charge in [-0.15, -0.1) is 0 Å². The van der Waals surface area contributed by atoms with Gasteiger partial charge in [-0.2, -0.15) is 0 Å². The van der Waals surface area contributed by atoms with Crippen molar-refractivity contribution in [3.05, 3.63) is 53.0 Å². The monoisotopic (exact) mass is 473 g/mol. The Morgan fingerprint density at radius 3 is 2.71 bits per heavy atom. The van der Waals surface area contributed by atoms with Crippen molar-refractivity contribution in [3.63, 3.8) is 0 Å². The first-order valence-electron chi connectivity index (χ1n) is 13.2. The van der Waals surface area contributed by atoms with E-state index < -0.39 is 19.1 Å². The first kappa shape index (κ1) is 19.5. The minimum absolute atomic E-state index is 0.0122. The van der Waals surface area contributed by atoms with Crippen molar-refractivity contribution in [2.75, 3.05) is 22.6 Å². The van der Waals surface area contributed by atoms with Crippen molar-refractivity contribution in [1.82, 2.24) is 15.0 Å². The molecule has 3 aromatic heterocycles. The van der Waals surface area contributed by atoms with Crippen LogP contribution in [0.15, 0.2) is 30.5 Å². The summed E-state index contributed by atoms with van der Waals surface area (Å²) >= 11 is 0. The van der Waals surface area contributed by atoms with Crippen LogP contribution in [-0.2, 0) is 4.79 Å². The molecule has 1 fully saturated rings. The molecule has 1 saturated carbocycles. The molecular formula is C27H30N6O2. The minimum Gasteiger partial charge on any atom is -0.364 e. The summed E-state index contributed by atoms with van der Waals surface area (Å²) in [5, 5.41) is 6.09. The number of aryl methyl sites for hydroxylation is 2. The second kappa shape index (κ2) is 8.76. The third-order valence-electron chi connectivity index (χ3n) is 6.64. The average Bonchev–Trinajstić information content (AvgIpc) is 3.67. The maximum Gasteiger partial charge on any atom is 0.228 e. The zero-order valence-electron chi connectivity index (χ0n) is 23.3. The lowest BCUT2D eigenvalue weighted by molar-refractivity contribution is -0.117. The van der Waals surface area contributed by atoms with Gasteiger partial charge in [0.25, 0.3) is 0 Å². The van der Waals surface area contributed by atoms with Crippen LogP contribution < -0.4 is 15.5 Å². The Morgan fingerprint density at radius 1 is 1.17 bits per heavy atom. The lowest BCUT2D eigenvalue weighted by Gasteiger charge is -2.36. The molecule has 2 aliphatic rings. The second-order valence-electron chi connectivity index (χ2n) is 9.29. The first-order valence-corrected chi connectivity index (χ1v) is 11.7. The number of carbonyl (C=O) groups excluding carboxylic acids is 2. The Balaban J connectivity index is 1.61. The van der Waals surface area contributed by atoms with E-state index in [1.807, 2.05) is 33.0 Å². The number of hydrogen-bond donors (Lipinski definition) is 2. The second-order valence-corrected chi connectivity index (χ2v) is 9.29. The molecule has 0 bridgehead atoms. The number of aromatic nitrogens is 3. The summed E-state index contributed by atoms with van der Waals surface area (Å²) in [7, 11) is 1.98. The van der Waals surface area contributed by atoms with Crippen LogP contribution in [-0.4, -0.2) is 33.7 Å². The summed E-state index contributed by atoms with van der Waals surface area (Å²) in [6.45, 7) is 3.49. The number of hydrogen-bond acceptors (Lipinski definition) is 7. The maximum atomic E-state index is 13.0. The number of ketones is 1. The average molecular weight is 474 g/mol. The van der Waals surface area contributed by atoms with Gasteiger partial charge in [-0.1, -0.05) is 12.9 Å². The molecule has 180 valence electrons. The highest BCUT2D eigenvalue weighted by atomic mass is 16.2. The largest absolute Gasteiger partial charge is 0.364 e. The van der Waals surface area contributed by atoms with E-state index >= 15 is 0 Å². The molecule has 8 heteroatoms. The van der Waals surface area contributed by atoms with Crippen LogP contribution in [0.2, 0.25) is 0 Å². The summed E-state index contributed by atoms with van der Waals surface area (Å²) in [6.07, 6.45) is 2.35. The summed E-state index contributed by atoms with van der Waals surface area (Å²) in [5.41, 5.74) is 5.78. The molecule has 1 aliphatic carbocycles. The molecule has 1 aliphatic heterocycles. The number of nitrogens with zero attached hydrogens (tertiary/aromatic N) is 4. The van der Waals surface area contributed by atoms with Crippen molar-refractivity contribution in [2.24, 2.45) is 5.92 Å². The summed E-state index contributed by atoms with van der Waals surface area (Å²) < 4.78 is 22.7. The molecule has 1 atom stereocenters. The zero-order chi connectivity index (χ0) is 27.4. The molecule has 2 N–H and O–H groups in total. The molecule has 5 rings (SSSR count). The van der Waals surface area contributed by atoms with Gasteiger partial charge in [0.15, 0.2) is 11.6 Å². The van der Waals surface area contributed by atoms with Crippen molar-refractivity contribution in [2.45, 2.75) is 52.9 Å². The van der Waals surface area contributed by atoms with Crippen LogP contribution in [0.5, 0.6) is 0 Å². The Kier molecular flexibility index (Phi) is 4.88. The van der Waals surface area contributed by atoms with Gasteiger partial charge in [0.1, 0.15) is 5.82 Å². The van der Waals surface area contributed by atoms with Gasteiger partial charge in [-0.25, -0.2) is 9.97 Å². The van der Waals surface area contributed by atoms with Crippen LogP contribution in [0.1, 0.15) is 70.5 Å². The van der Waals surface area contributed by atoms with Gasteiger partial charge in [0, 0.05) is 58.3 Å². The molecule has 3 aromatic rings. The van der Waals surface area contributed by atoms with E-state index in [0.29, 0.717) is 11.5 Å². The number of carbonyl (C=O) groups is 2. The van der Waals surface area contributed by atoms with Gasteiger partial charge in [-0.3, -0.25) is 14.6 Å². The van der Waals surface area contributed by atoms with E-state index in [0.717, 1.165) is 46.7 Å². The highest BCUT2D eigenvalue weighted by Crippen LogP contribution is 2.47. The maximum absolute atomic E-state index is 13.0. The molecule has 0 spiro atoms. The third kappa shape index (κ3) is 4.24. The molecule has 8 nitrogen and oxygen atoms in total. The number of anilines is 4. The topological polar surface area (TPSA) is 100 Å². The van der Waals surface area contributed by atoms with Crippen LogP contribution in [0, 0.1) is 19.8 Å². The van der Waals surface area contributed by atoms with E-state index in [9.17, 15) is 9.59 Å². The Labute approximate surface area is 209 Å². The SMILES string of the molecule is [2H]C([2H])([2H])CC(=O)c1cnc(NC(=O)C2CC2)cc1Nc1nc(C)cc2c1N(C)[C@H](C)c1ccc(C)nc1-2. The minimum atomic E-state index is -2.43. The van der Waals surface area contributed by atoms with Crippen molar-refractivity contribution in [3.8, 4) is 11.3 Å². The summed E-state index contributed by atoms with van der Waals surface area (Å²) in [5.74, 6) is 0.0490. The number of rotatable bonds is 6. The highest BCUT2D eigenvalue weighted by Gasteiger charge is 2.32. The number of pyridine rings is 3. The summed E-state index contributed by atoms with van der Waals surface area (Å²) in [6, 6.07) is 7.65. The quantitative estimate of drug-likeness (QED) is 0.465.